The van der Waals surface area contributed by atoms with Gasteiger partial charge in [0.15, 0.2) is 5.82 Å². The highest BCUT2D eigenvalue weighted by molar-refractivity contribution is 5.86. The predicted octanol–water partition coefficient (Wildman–Crippen LogP) is 3.75. The lowest BCUT2D eigenvalue weighted by Gasteiger charge is -2.28. The second kappa shape index (κ2) is 9.08. The summed E-state index contributed by atoms with van der Waals surface area (Å²) in [5, 5.41) is 4.59. The molecule has 34 heavy (non-hydrogen) atoms. The van der Waals surface area contributed by atoms with Crippen molar-refractivity contribution in [2.45, 2.75) is 18.8 Å². The van der Waals surface area contributed by atoms with Gasteiger partial charge in [-0.2, -0.15) is 10.1 Å². The molecule has 9 heteroatoms. The lowest BCUT2D eigenvalue weighted by molar-refractivity contribution is 0.0853. The van der Waals surface area contributed by atoms with Crippen LogP contribution in [0.15, 0.2) is 48.8 Å². The Kier molecular flexibility index (Phi) is 5.64. The van der Waals surface area contributed by atoms with Gasteiger partial charge in [-0.1, -0.05) is 12.1 Å². The van der Waals surface area contributed by atoms with Crippen molar-refractivity contribution in [2.24, 2.45) is 0 Å². The fraction of sp³-hybridized carbons (Fsp3) is 0.360. The van der Waals surface area contributed by atoms with Crippen LogP contribution in [0.1, 0.15) is 24.3 Å². The molecule has 1 aromatic carbocycles. The van der Waals surface area contributed by atoms with E-state index in [0.717, 1.165) is 56.0 Å². The summed E-state index contributed by atoms with van der Waals surface area (Å²) in [6, 6.07) is 10.5. The molecule has 0 atom stereocenters. The van der Waals surface area contributed by atoms with Crippen LogP contribution in [0, 0.1) is 5.82 Å². The van der Waals surface area contributed by atoms with E-state index < -0.39 is 0 Å². The first-order valence-electron chi connectivity index (χ1n) is 11.7. The highest BCUT2D eigenvalue weighted by atomic mass is 19.1. The van der Waals surface area contributed by atoms with Gasteiger partial charge < -0.3 is 14.4 Å². The van der Waals surface area contributed by atoms with Gasteiger partial charge in [-0.25, -0.2) is 14.1 Å². The van der Waals surface area contributed by atoms with E-state index in [2.05, 4.69) is 16.1 Å². The number of fused-ring (bicyclic) bond motifs is 1. The number of hydrogen-bond donors (Lipinski definition) is 0. The fourth-order valence-electron chi connectivity index (χ4n) is 4.61. The second-order valence-corrected chi connectivity index (χ2v) is 8.60. The Bertz CT molecular complexity index is 1310. The summed E-state index contributed by atoms with van der Waals surface area (Å²) in [5.74, 6) is 1.30. The van der Waals surface area contributed by atoms with E-state index in [1.807, 2.05) is 6.20 Å². The first-order chi connectivity index (χ1) is 16.8. The van der Waals surface area contributed by atoms with Gasteiger partial charge in [-0.15, -0.1) is 0 Å². The van der Waals surface area contributed by atoms with Gasteiger partial charge in [0, 0.05) is 44.3 Å². The number of rotatable bonds is 4. The Balaban J connectivity index is 1.45. The summed E-state index contributed by atoms with van der Waals surface area (Å²) in [4.78, 5) is 16.7. The molecule has 0 N–H and O–H groups in total. The molecule has 2 fully saturated rings. The highest BCUT2D eigenvalue weighted by Gasteiger charge is 2.22. The molecule has 6 rings (SSSR count). The first-order valence-corrected chi connectivity index (χ1v) is 11.7. The standard InChI is InChI=1S/C25H25FN6O2/c26-20-4-2-1-3-19(20)21-5-8-32(30-21)25-28-22-15-18(17-6-11-33-12-7-17)16-27-23(22)24(29-25)31-9-13-34-14-10-31/h1-5,8,15-17H,6-7,9-14H2. The molecule has 2 saturated heterocycles. The Morgan fingerprint density at radius 1 is 0.941 bits per heavy atom. The zero-order valence-electron chi connectivity index (χ0n) is 18.7. The lowest BCUT2D eigenvalue weighted by Crippen LogP contribution is -2.37. The number of ether oxygens (including phenoxy) is 2. The number of morpholine rings is 1. The Labute approximate surface area is 196 Å². The molecule has 0 aliphatic carbocycles. The second-order valence-electron chi connectivity index (χ2n) is 8.60. The van der Waals surface area contributed by atoms with Crippen LogP contribution in [0.5, 0.6) is 0 Å². The summed E-state index contributed by atoms with van der Waals surface area (Å²) in [5.41, 5.74) is 3.69. The number of benzene rings is 1. The van der Waals surface area contributed by atoms with Gasteiger partial charge in [0.1, 0.15) is 11.3 Å². The number of anilines is 1. The van der Waals surface area contributed by atoms with E-state index in [1.165, 1.54) is 11.6 Å². The SMILES string of the molecule is Fc1ccccc1-c1ccn(-c2nc(N3CCOCC3)c3ncc(C4CCOCC4)cc3n2)n1. The van der Waals surface area contributed by atoms with Crippen LogP contribution in [-0.4, -0.2) is 64.2 Å². The predicted molar refractivity (Wildman–Crippen MR) is 126 cm³/mol. The third-order valence-electron chi connectivity index (χ3n) is 6.47. The molecule has 0 spiro atoms. The number of nitrogens with zero attached hydrogens (tertiary/aromatic N) is 6. The van der Waals surface area contributed by atoms with Crippen LogP contribution in [0.3, 0.4) is 0 Å². The third-order valence-corrected chi connectivity index (χ3v) is 6.47. The zero-order valence-corrected chi connectivity index (χ0v) is 18.7. The minimum absolute atomic E-state index is 0.313. The van der Waals surface area contributed by atoms with E-state index in [9.17, 15) is 4.39 Å². The Morgan fingerprint density at radius 2 is 1.74 bits per heavy atom. The zero-order chi connectivity index (χ0) is 22.9. The molecule has 8 nitrogen and oxygen atoms in total. The van der Waals surface area contributed by atoms with E-state index in [-0.39, 0.29) is 5.82 Å². The van der Waals surface area contributed by atoms with Crippen LogP contribution >= 0.6 is 0 Å². The van der Waals surface area contributed by atoms with Crippen molar-refractivity contribution in [3.63, 3.8) is 0 Å². The first kappa shape index (κ1) is 21.1. The summed E-state index contributed by atoms with van der Waals surface area (Å²) >= 11 is 0. The van der Waals surface area contributed by atoms with Gasteiger partial charge in [-0.3, -0.25) is 4.98 Å². The van der Waals surface area contributed by atoms with E-state index >= 15 is 0 Å². The van der Waals surface area contributed by atoms with Crippen molar-refractivity contribution in [1.82, 2.24) is 24.7 Å². The molecular formula is C25H25FN6O2. The lowest BCUT2D eigenvalue weighted by atomic mass is 9.93. The Hall–Kier alpha value is -3.43. The number of pyridine rings is 1. The van der Waals surface area contributed by atoms with Crippen molar-refractivity contribution in [3.8, 4) is 17.2 Å². The maximum Gasteiger partial charge on any atom is 0.253 e. The summed E-state index contributed by atoms with van der Waals surface area (Å²) in [6.45, 7) is 4.27. The quantitative estimate of drug-likeness (QED) is 0.459. The van der Waals surface area contributed by atoms with E-state index in [1.54, 1.807) is 35.1 Å². The maximum absolute atomic E-state index is 14.3. The molecule has 0 radical (unpaired) electrons. The molecule has 0 amide bonds. The van der Waals surface area contributed by atoms with Gasteiger partial charge in [-0.05, 0) is 48.6 Å². The number of aromatic nitrogens is 5. The van der Waals surface area contributed by atoms with Crippen molar-refractivity contribution in [2.75, 3.05) is 44.4 Å². The molecule has 2 aliphatic rings. The van der Waals surface area contributed by atoms with Crippen LogP contribution in [0.4, 0.5) is 10.2 Å². The molecular weight excluding hydrogens is 435 g/mol. The smallest absolute Gasteiger partial charge is 0.253 e. The van der Waals surface area contributed by atoms with E-state index in [4.69, 9.17) is 24.4 Å². The van der Waals surface area contributed by atoms with Crippen LogP contribution in [-0.2, 0) is 9.47 Å². The average molecular weight is 461 g/mol. The summed E-state index contributed by atoms with van der Waals surface area (Å²) in [6.07, 6.45) is 5.68. The largest absolute Gasteiger partial charge is 0.381 e. The monoisotopic (exact) mass is 460 g/mol. The van der Waals surface area contributed by atoms with Crippen molar-refractivity contribution in [3.05, 3.63) is 60.2 Å². The molecule has 2 aliphatic heterocycles. The van der Waals surface area contributed by atoms with Crippen molar-refractivity contribution in [1.29, 1.82) is 0 Å². The molecule has 0 unspecified atom stereocenters. The molecule has 174 valence electrons. The number of halogens is 1. The van der Waals surface area contributed by atoms with Crippen molar-refractivity contribution >= 4 is 16.9 Å². The van der Waals surface area contributed by atoms with Crippen LogP contribution in [0.25, 0.3) is 28.2 Å². The molecule has 0 bridgehead atoms. The molecule has 0 saturated carbocycles. The number of hydrogen-bond acceptors (Lipinski definition) is 7. The van der Waals surface area contributed by atoms with Gasteiger partial charge in [0.05, 0.1) is 24.4 Å². The summed E-state index contributed by atoms with van der Waals surface area (Å²) in [7, 11) is 0. The van der Waals surface area contributed by atoms with E-state index in [0.29, 0.717) is 36.3 Å². The van der Waals surface area contributed by atoms with Crippen LogP contribution < -0.4 is 4.90 Å². The normalized spacial score (nSPS) is 17.4. The highest BCUT2D eigenvalue weighted by Crippen LogP contribution is 2.31. The molecule has 5 heterocycles. The van der Waals surface area contributed by atoms with Crippen LogP contribution in [0.2, 0.25) is 0 Å². The topological polar surface area (TPSA) is 78.2 Å². The third kappa shape index (κ3) is 4.01. The van der Waals surface area contributed by atoms with Crippen molar-refractivity contribution < 1.29 is 13.9 Å². The average Bonchev–Trinajstić information content (AvgIpc) is 3.39. The molecule has 3 aromatic heterocycles. The van der Waals surface area contributed by atoms with Gasteiger partial charge >= 0.3 is 0 Å². The Morgan fingerprint density at radius 3 is 2.56 bits per heavy atom. The van der Waals surface area contributed by atoms with Gasteiger partial charge in [0.2, 0.25) is 0 Å². The minimum Gasteiger partial charge on any atom is -0.381 e. The minimum atomic E-state index is -0.313. The van der Waals surface area contributed by atoms with Gasteiger partial charge in [0.25, 0.3) is 5.95 Å². The fourth-order valence-corrected chi connectivity index (χ4v) is 4.61. The maximum atomic E-state index is 14.3. The molecule has 4 aromatic rings. The summed E-state index contributed by atoms with van der Waals surface area (Å²) < 4.78 is 27.0.